The van der Waals surface area contributed by atoms with E-state index in [-0.39, 0.29) is 5.91 Å². The summed E-state index contributed by atoms with van der Waals surface area (Å²) in [5.41, 5.74) is 13.8. The highest BCUT2D eigenvalue weighted by Gasteiger charge is 2.21. The quantitative estimate of drug-likeness (QED) is 0.660. The maximum atomic E-state index is 12.4. The number of hydrogen-bond acceptors (Lipinski definition) is 2. The van der Waals surface area contributed by atoms with Crippen molar-refractivity contribution in [2.45, 2.75) is 32.9 Å². The third-order valence-corrected chi connectivity index (χ3v) is 5.64. The molecule has 142 valence electrons. The van der Waals surface area contributed by atoms with Crippen LogP contribution in [0.25, 0.3) is 11.1 Å². The Labute approximate surface area is 170 Å². The molecule has 0 bridgehead atoms. The van der Waals surface area contributed by atoms with E-state index in [0.717, 1.165) is 29.7 Å². The molecule has 3 aromatic carbocycles. The Hall–Kier alpha value is -2.62. The predicted octanol–water partition coefficient (Wildman–Crippen LogP) is 5.12. The molecule has 0 fully saturated rings. The summed E-state index contributed by atoms with van der Waals surface area (Å²) < 4.78 is 0. The number of nitrogens with zero attached hydrogens (tertiary/aromatic N) is 1. The van der Waals surface area contributed by atoms with Gasteiger partial charge in [-0.3, -0.25) is 4.79 Å². The van der Waals surface area contributed by atoms with Gasteiger partial charge in [0.1, 0.15) is 0 Å². The number of carbonyl (C=O) groups excluding carboxylic acids is 1. The molecule has 1 aliphatic heterocycles. The van der Waals surface area contributed by atoms with Gasteiger partial charge in [0.15, 0.2) is 0 Å². The number of fused-ring (bicyclic) bond motifs is 2. The fourth-order valence-corrected chi connectivity index (χ4v) is 4.09. The summed E-state index contributed by atoms with van der Waals surface area (Å²) >= 11 is 6.22. The van der Waals surface area contributed by atoms with Crippen molar-refractivity contribution in [3.05, 3.63) is 87.9 Å². The zero-order chi connectivity index (χ0) is 19.7. The first-order chi connectivity index (χ1) is 13.5. The highest BCUT2D eigenvalue weighted by atomic mass is 35.5. The number of hydrogen-bond donors (Lipinski definition) is 1. The minimum atomic E-state index is 0.0381. The van der Waals surface area contributed by atoms with Crippen LogP contribution in [0.3, 0.4) is 0 Å². The van der Waals surface area contributed by atoms with Gasteiger partial charge in [0.2, 0.25) is 5.91 Å². The second-order valence-electron chi connectivity index (χ2n) is 7.27. The highest BCUT2D eigenvalue weighted by Crippen LogP contribution is 2.32. The van der Waals surface area contributed by atoms with Crippen LogP contribution in [0.4, 0.5) is 5.69 Å². The number of rotatable bonds is 2. The van der Waals surface area contributed by atoms with Crippen LogP contribution in [-0.2, 0) is 30.7 Å². The number of nitrogens with two attached hydrogens (primary N) is 1. The highest BCUT2D eigenvalue weighted by molar-refractivity contribution is 6.30. The lowest BCUT2D eigenvalue weighted by atomic mass is 9.92. The van der Waals surface area contributed by atoms with Crippen molar-refractivity contribution >= 4 is 23.2 Å². The lowest BCUT2D eigenvalue weighted by Crippen LogP contribution is -2.30. The van der Waals surface area contributed by atoms with E-state index in [2.05, 4.69) is 30.3 Å². The van der Waals surface area contributed by atoms with Gasteiger partial charge in [-0.25, -0.2) is 0 Å². The van der Waals surface area contributed by atoms with Crippen molar-refractivity contribution in [1.82, 2.24) is 0 Å². The fraction of sp³-hybridized carbons (Fsp3) is 0.208. The fourth-order valence-electron chi connectivity index (χ4n) is 3.89. The number of halogens is 1. The molecule has 1 heterocycles. The van der Waals surface area contributed by atoms with Crippen LogP contribution < -0.4 is 10.6 Å². The van der Waals surface area contributed by atoms with Crippen molar-refractivity contribution in [2.75, 3.05) is 4.90 Å². The van der Waals surface area contributed by atoms with Gasteiger partial charge < -0.3 is 10.6 Å². The monoisotopic (exact) mass is 390 g/mol. The van der Waals surface area contributed by atoms with Crippen molar-refractivity contribution in [1.29, 1.82) is 0 Å². The van der Waals surface area contributed by atoms with E-state index in [1.54, 1.807) is 6.92 Å². The van der Waals surface area contributed by atoms with E-state index >= 15 is 0 Å². The molecular weight excluding hydrogens is 368 g/mol. The normalized spacial score (nSPS) is 13.3. The average molecular weight is 391 g/mol. The van der Waals surface area contributed by atoms with Crippen LogP contribution in [0.5, 0.6) is 0 Å². The second kappa shape index (κ2) is 7.78. The van der Waals surface area contributed by atoms with Gasteiger partial charge in [-0.05, 0) is 70.5 Å². The third-order valence-electron chi connectivity index (χ3n) is 5.41. The molecule has 0 saturated heterocycles. The first-order valence-corrected chi connectivity index (χ1v) is 9.90. The molecule has 0 spiro atoms. The summed E-state index contributed by atoms with van der Waals surface area (Å²) in [6, 6.07) is 20.7. The summed E-state index contributed by atoms with van der Waals surface area (Å²) in [6.45, 7) is 2.72. The Morgan fingerprint density at radius 1 is 0.964 bits per heavy atom. The molecule has 4 rings (SSSR count). The van der Waals surface area contributed by atoms with E-state index in [1.807, 2.05) is 35.2 Å². The van der Waals surface area contributed by atoms with Crippen molar-refractivity contribution in [2.24, 2.45) is 5.73 Å². The van der Waals surface area contributed by atoms with E-state index in [4.69, 9.17) is 17.3 Å². The molecular formula is C24H23ClN2O. The molecule has 0 radical (unpaired) electrons. The number of carbonyl (C=O) groups is 1. The molecule has 0 aliphatic carbocycles. The van der Waals surface area contributed by atoms with E-state index in [1.165, 1.54) is 22.3 Å². The third kappa shape index (κ3) is 3.68. The topological polar surface area (TPSA) is 46.3 Å². The summed E-state index contributed by atoms with van der Waals surface area (Å²) in [7, 11) is 0. The van der Waals surface area contributed by atoms with Crippen molar-refractivity contribution < 1.29 is 4.79 Å². The Morgan fingerprint density at radius 3 is 2.54 bits per heavy atom. The minimum Gasteiger partial charge on any atom is -0.326 e. The minimum absolute atomic E-state index is 0.0381. The molecule has 1 amide bonds. The van der Waals surface area contributed by atoms with Gasteiger partial charge in [0.25, 0.3) is 0 Å². The van der Waals surface area contributed by atoms with Crippen LogP contribution in [0.1, 0.15) is 29.2 Å². The molecule has 4 heteroatoms. The van der Waals surface area contributed by atoms with Crippen LogP contribution >= 0.6 is 11.6 Å². The van der Waals surface area contributed by atoms with Crippen LogP contribution in [-0.4, -0.2) is 5.91 Å². The lowest BCUT2D eigenvalue weighted by molar-refractivity contribution is -0.116. The maximum Gasteiger partial charge on any atom is 0.224 e. The average Bonchev–Trinajstić information content (AvgIpc) is 2.69. The molecule has 0 unspecified atom stereocenters. The molecule has 0 aromatic heterocycles. The number of amides is 1. The van der Waals surface area contributed by atoms with Gasteiger partial charge in [-0.15, -0.1) is 0 Å². The van der Waals surface area contributed by atoms with Crippen molar-refractivity contribution in [3.63, 3.8) is 0 Å². The largest absolute Gasteiger partial charge is 0.326 e. The van der Waals surface area contributed by atoms with Gasteiger partial charge in [-0.1, -0.05) is 48.0 Å². The molecule has 2 N–H and O–H groups in total. The standard InChI is InChI=1S/C24H23ClN2O/c1-16(28)27-15-22-8-6-19(18-4-2-3-17(11-18)14-26)12-20(22)5-7-21-13-23(25)9-10-24(21)27/h2-4,6,8-13H,5,7,14-15,26H2,1H3. The van der Waals surface area contributed by atoms with Gasteiger partial charge in [-0.2, -0.15) is 0 Å². The molecule has 1 aliphatic rings. The molecule has 3 nitrogen and oxygen atoms in total. The number of aryl methyl sites for hydroxylation is 2. The summed E-state index contributed by atoms with van der Waals surface area (Å²) in [5.74, 6) is 0.0381. The van der Waals surface area contributed by atoms with Crippen LogP contribution in [0.15, 0.2) is 60.7 Å². The number of benzene rings is 3. The molecule has 3 aromatic rings. The second-order valence-corrected chi connectivity index (χ2v) is 7.70. The molecule has 28 heavy (non-hydrogen) atoms. The van der Waals surface area contributed by atoms with Gasteiger partial charge in [0, 0.05) is 24.2 Å². The number of anilines is 1. The zero-order valence-corrected chi connectivity index (χ0v) is 16.7. The lowest BCUT2D eigenvalue weighted by Gasteiger charge is -2.28. The Balaban J connectivity index is 1.75. The maximum absolute atomic E-state index is 12.4. The predicted molar refractivity (Wildman–Crippen MR) is 115 cm³/mol. The van der Waals surface area contributed by atoms with Crippen molar-refractivity contribution in [3.8, 4) is 11.1 Å². The van der Waals surface area contributed by atoms with Gasteiger partial charge >= 0.3 is 0 Å². The SMILES string of the molecule is CC(=O)N1Cc2ccc(-c3cccc(CN)c3)cc2CCc2cc(Cl)ccc21. The molecule has 0 atom stereocenters. The summed E-state index contributed by atoms with van der Waals surface area (Å²) in [5, 5.41) is 0.704. The van der Waals surface area contributed by atoms with Gasteiger partial charge in [0.05, 0.1) is 6.54 Å². The Bertz CT molecular complexity index is 1040. The Morgan fingerprint density at radius 2 is 1.75 bits per heavy atom. The van der Waals surface area contributed by atoms with Crippen LogP contribution in [0.2, 0.25) is 5.02 Å². The smallest absolute Gasteiger partial charge is 0.224 e. The van der Waals surface area contributed by atoms with E-state index in [0.29, 0.717) is 18.1 Å². The molecule has 0 saturated carbocycles. The summed E-state index contributed by atoms with van der Waals surface area (Å²) in [6.07, 6.45) is 1.76. The van der Waals surface area contributed by atoms with E-state index < -0.39 is 0 Å². The first kappa shape index (κ1) is 18.7. The zero-order valence-electron chi connectivity index (χ0n) is 15.9. The van der Waals surface area contributed by atoms with Crippen LogP contribution in [0, 0.1) is 0 Å². The summed E-state index contributed by atoms with van der Waals surface area (Å²) in [4.78, 5) is 14.2. The Kier molecular flexibility index (Phi) is 5.21. The first-order valence-electron chi connectivity index (χ1n) is 9.53. The van der Waals surface area contributed by atoms with E-state index in [9.17, 15) is 4.79 Å².